The zero-order valence-corrected chi connectivity index (χ0v) is 17.4. The molecule has 1 aromatic heterocycles. The van der Waals surface area contributed by atoms with Gasteiger partial charge in [0.2, 0.25) is 0 Å². The van der Waals surface area contributed by atoms with Crippen molar-refractivity contribution in [2.75, 3.05) is 6.61 Å². The normalized spacial score (nSPS) is 10.7. The highest BCUT2D eigenvalue weighted by Crippen LogP contribution is 2.15. The first-order chi connectivity index (χ1) is 14.7. The van der Waals surface area contributed by atoms with E-state index < -0.39 is 0 Å². The molecule has 0 aliphatic carbocycles. The van der Waals surface area contributed by atoms with Crippen LogP contribution < -0.4 is 15.6 Å². The van der Waals surface area contributed by atoms with Gasteiger partial charge in [-0.1, -0.05) is 50.8 Å². The molecule has 0 aliphatic heterocycles. The van der Waals surface area contributed by atoms with Crippen molar-refractivity contribution in [2.45, 2.75) is 45.6 Å². The van der Waals surface area contributed by atoms with Crippen LogP contribution in [-0.4, -0.2) is 23.0 Å². The number of benzene rings is 2. The predicted molar refractivity (Wildman–Crippen MR) is 118 cm³/mol. The Labute approximate surface area is 177 Å². The second kappa shape index (κ2) is 11.0. The molecular formula is C24H29N3O3. The van der Waals surface area contributed by atoms with Crippen LogP contribution >= 0.6 is 0 Å². The first kappa shape index (κ1) is 21.4. The zero-order valence-electron chi connectivity index (χ0n) is 17.4. The Balaban J connectivity index is 1.41. The van der Waals surface area contributed by atoms with Gasteiger partial charge in [0.1, 0.15) is 12.3 Å². The molecule has 158 valence electrons. The van der Waals surface area contributed by atoms with Crippen molar-refractivity contribution in [2.24, 2.45) is 0 Å². The van der Waals surface area contributed by atoms with Gasteiger partial charge in [-0.2, -0.15) is 0 Å². The number of carbonyl (C=O) groups excluding carboxylic acids is 2. The molecule has 0 aliphatic rings. The third-order valence-corrected chi connectivity index (χ3v) is 4.94. The maximum absolute atomic E-state index is 12.3. The number of hydrogen-bond acceptors (Lipinski definition) is 3. The Bertz CT molecular complexity index is 963. The van der Waals surface area contributed by atoms with Gasteiger partial charge in [-0.05, 0) is 48.2 Å². The monoisotopic (exact) mass is 407 g/mol. The molecule has 6 heteroatoms. The van der Waals surface area contributed by atoms with Crippen molar-refractivity contribution in [3.05, 3.63) is 66.4 Å². The van der Waals surface area contributed by atoms with Crippen LogP contribution in [0.4, 0.5) is 0 Å². The van der Waals surface area contributed by atoms with Crippen LogP contribution in [0.1, 0.15) is 49.4 Å². The van der Waals surface area contributed by atoms with Crippen LogP contribution in [0.2, 0.25) is 0 Å². The highest BCUT2D eigenvalue weighted by atomic mass is 16.5. The lowest BCUT2D eigenvalue weighted by atomic mass is 10.2. The Hall–Kier alpha value is -3.28. The van der Waals surface area contributed by atoms with Crippen LogP contribution in [-0.2, 0) is 11.3 Å². The molecule has 2 N–H and O–H groups in total. The van der Waals surface area contributed by atoms with E-state index >= 15 is 0 Å². The third-order valence-electron chi connectivity index (χ3n) is 4.94. The summed E-state index contributed by atoms with van der Waals surface area (Å²) in [6, 6.07) is 16.7. The first-order valence-electron chi connectivity index (χ1n) is 10.5. The average molecular weight is 408 g/mol. The van der Waals surface area contributed by atoms with Crippen molar-refractivity contribution in [3.8, 4) is 5.75 Å². The fraction of sp³-hybridized carbons (Fsp3) is 0.333. The summed E-state index contributed by atoms with van der Waals surface area (Å²) in [6.07, 6.45) is 7.80. The van der Waals surface area contributed by atoms with E-state index in [1.54, 1.807) is 24.3 Å². The van der Waals surface area contributed by atoms with Crippen LogP contribution in [0.15, 0.2) is 60.8 Å². The number of hydrogen-bond donors (Lipinski definition) is 2. The van der Waals surface area contributed by atoms with E-state index in [2.05, 4.69) is 17.8 Å². The van der Waals surface area contributed by atoms with E-state index in [0.717, 1.165) is 23.1 Å². The number of amides is 2. The molecule has 0 unspecified atom stereocenters. The summed E-state index contributed by atoms with van der Waals surface area (Å²) in [6.45, 7) is 3.00. The van der Waals surface area contributed by atoms with Gasteiger partial charge in [0.05, 0.1) is 6.61 Å². The van der Waals surface area contributed by atoms with Crippen molar-refractivity contribution < 1.29 is 14.3 Å². The van der Waals surface area contributed by atoms with Gasteiger partial charge in [-0.3, -0.25) is 20.4 Å². The molecule has 2 amide bonds. The van der Waals surface area contributed by atoms with Gasteiger partial charge >= 0.3 is 0 Å². The van der Waals surface area contributed by atoms with E-state index in [1.807, 2.05) is 41.1 Å². The highest BCUT2D eigenvalue weighted by Gasteiger charge is 2.09. The Morgan fingerprint density at radius 1 is 0.900 bits per heavy atom. The van der Waals surface area contributed by atoms with Crippen molar-refractivity contribution in [3.63, 3.8) is 0 Å². The van der Waals surface area contributed by atoms with Crippen LogP contribution in [0, 0.1) is 0 Å². The highest BCUT2D eigenvalue weighted by molar-refractivity contribution is 5.95. The van der Waals surface area contributed by atoms with Crippen LogP contribution in [0.5, 0.6) is 5.75 Å². The van der Waals surface area contributed by atoms with Gasteiger partial charge in [-0.15, -0.1) is 0 Å². The summed E-state index contributed by atoms with van der Waals surface area (Å²) in [7, 11) is 0. The van der Waals surface area contributed by atoms with Crippen molar-refractivity contribution in [1.82, 2.24) is 15.4 Å². The molecule has 1 heterocycles. The summed E-state index contributed by atoms with van der Waals surface area (Å²) < 4.78 is 7.55. The van der Waals surface area contributed by atoms with Gasteiger partial charge < -0.3 is 9.30 Å². The molecule has 6 nitrogen and oxygen atoms in total. The van der Waals surface area contributed by atoms with Crippen LogP contribution in [0.3, 0.4) is 0 Å². The number of ether oxygens (including phenoxy) is 1. The lowest BCUT2D eigenvalue weighted by Crippen LogP contribution is -2.43. The van der Waals surface area contributed by atoms with Crippen LogP contribution in [0.25, 0.3) is 10.9 Å². The minimum Gasteiger partial charge on any atom is -0.494 e. The summed E-state index contributed by atoms with van der Waals surface area (Å²) in [5.74, 6) is 0.0742. The second-order valence-electron chi connectivity index (χ2n) is 7.29. The maximum Gasteiger partial charge on any atom is 0.269 e. The largest absolute Gasteiger partial charge is 0.494 e. The van der Waals surface area contributed by atoms with E-state index in [0.29, 0.717) is 12.2 Å². The number of rotatable bonds is 10. The molecule has 0 bridgehead atoms. The van der Waals surface area contributed by atoms with Crippen molar-refractivity contribution in [1.29, 1.82) is 0 Å². The second-order valence-corrected chi connectivity index (χ2v) is 7.29. The number of carbonyl (C=O) groups is 2. The van der Waals surface area contributed by atoms with Gasteiger partial charge in [0.25, 0.3) is 11.8 Å². The standard InChI is InChI=1S/C24H29N3O3/c1-2-3-4-5-8-17-30-21-13-11-20(12-14-21)24(29)26-25-23(28)18-27-16-15-19-9-6-7-10-22(19)27/h6-7,9-16H,2-5,8,17-18H2,1H3,(H,25,28)(H,26,29). The quantitative estimate of drug-likeness (QED) is 0.385. The molecule has 0 radical (unpaired) electrons. The molecule has 30 heavy (non-hydrogen) atoms. The Morgan fingerprint density at radius 2 is 1.67 bits per heavy atom. The summed E-state index contributed by atoms with van der Waals surface area (Å²) >= 11 is 0. The third kappa shape index (κ3) is 6.11. The topological polar surface area (TPSA) is 72.4 Å². The predicted octanol–water partition coefficient (Wildman–Crippen LogP) is 4.45. The Morgan fingerprint density at radius 3 is 2.47 bits per heavy atom. The first-order valence-corrected chi connectivity index (χ1v) is 10.5. The molecule has 3 rings (SSSR count). The van der Waals surface area contributed by atoms with E-state index in [1.165, 1.54) is 25.7 Å². The van der Waals surface area contributed by atoms with Gasteiger partial charge in [-0.25, -0.2) is 0 Å². The summed E-state index contributed by atoms with van der Waals surface area (Å²) in [5.41, 5.74) is 6.35. The molecule has 3 aromatic rings. The number of nitrogens with zero attached hydrogens (tertiary/aromatic N) is 1. The van der Waals surface area contributed by atoms with E-state index in [4.69, 9.17) is 4.74 Å². The van der Waals surface area contributed by atoms with Gasteiger partial charge in [0, 0.05) is 17.3 Å². The fourth-order valence-corrected chi connectivity index (χ4v) is 3.27. The van der Waals surface area contributed by atoms with E-state index in [9.17, 15) is 9.59 Å². The minimum absolute atomic E-state index is 0.124. The summed E-state index contributed by atoms with van der Waals surface area (Å²) in [5, 5.41) is 1.07. The molecule has 0 atom stereocenters. The smallest absolute Gasteiger partial charge is 0.269 e. The number of fused-ring (bicyclic) bond motifs is 1. The lowest BCUT2D eigenvalue weighted by molar-refractivity contribution is -0.122. The molecule has 2 aromatic carbocycles. The molecular weight excluding hydrogens is 378 g/mol. The average Bonchev–Trinajstić information content (AvgIpc) is 3.18. The fourth-order valence-electron chi connectivity index (χ4n) is 3.27. The number of unbranched alkanes of at least 4 members (excludes halogenated alkanes) is 4. The minimum atomic E-state index is -0.369. The number of hydrazine groups is 1. The van der Waals surface area contributed by atoms with E-state index in [-0.39, 0.29) is 18.4 Å². The SMILES string of the molecule is CCCCCCCOc1ccc(C(=O)NNC(=O)Cn2ccc3ccccc32)cc1. The number of para-hydroxylation sites is 1. The molecule has 0 saturated heterocycles. The number of aromatic nitrogens is 1. The lowest BCUT2D eigenvalue weighted by Gasteiger charge is -2.10. The molecule has 0 spiro atoms. The number of nitrogens with one attached hydrogen (secondary N) is 2. The molecule has 0 saturated carbocycles. The Kier molecular flexibility index (Phi) is 7.89. The maximum atomic E-state index is 12.3. The zero-order chi connectivity index (χ0) is 21.2. The summed E-state index contributed by atoms with van der Waals surface area (Å²) in [4.78, 5) is 24.5. The van der Waals surface area contributed by atoms with Crippen molar-refractivity contribution >= 4 is 22.7 Å². The molecule has 0 fully saturated rings. The van der Waals surface area contributed by atoms with Gasteiger partial charge in [0.15, 0.2) is 0 Å².